The molecular weight excluding hydrogens is 302 g/mol. The zero-order valence-electron chi connectivity index (χ0n) is 13.8. The summed E-state index contributed by atoms with van der Waals surface area (Å²) in [7, 11) is 0. The molecule has 0 aliphatic carbocycles. The summed E-state index contributed by atoms with van der Waals surface area (Å²) in [6, 6.07) is 13.6. The van der Waals surface area contributed by atoms with E-state index in [0.717, 1.165) is 28.1 Å². The number of nitrogens with two attached hydrogens (primary N) is 1. The Kier molecular flexibility index (Phi) is 4.36. The van der Waals surface area contributed by atoms with Crippen LogP contribution in [-0.4, -0.2) is 18.9 Å². The number of nitrogens with zero attached hydrogens (tertiary/aromatic N) is 1. The maximum absolute atomic E-state index is 11.9. The monoisotopic (exact) mass is 323 g/mol. The molecule has 2 aromatic carbocycles. The van der Waals surface area contributed by atoms with Crippen molar-refractivity contribution in [3.8, 4) is 11.1 Å². The van der Waals surface area contributed by atoms with E-state index in [1.807, 2.05) is 36.4 Å². The molecule has 0 fully saturated rings. The first kappa shape index (κ1) is 16.2. The van der Waals surface area contributed by atoms with Gasteiger partial charge < -0.3 is 16.0 Å². The SMILES string of the molecule is CC(=O)N1C[C@@H](C)[C@H](N)c2cc(-c3ccc(NC=O)cc3)ccc21. The Bertz CT molecular complexity index is 771. The van der Waals surface area contributed by atoms with Crippen molar-refractivity contribution in [1.82, 2.24) is 0 Å². The third-order valence-corrected chi connectivity index (χ3v) is 4.58. The highest BCUT2D eigenvalue weighted by molar-refractivity contribution is 5.93. The molecule has 124 valence electrons. The number of nitrogens with one attached hydrogen (secondary N) is 1. The largest absolute Gasteiger partial charge is 0.329 e. The van der Waals surface area contributed by atoms with Crippen LogP contribution in [-0.2, 0) is 9.59 Å². The van der Waals surface area contributed by atoms with Crippen molar-refractivity contribution in [2.45, 2.75) is 19.9 Å². The smallest absolute Gasteiger partial charge is 0.223 e. The first-order valence-electron chi connectivity index (χ1n) is 7.99. The van der Waals surface area contributed by atoms with Gasteiger partial charge in [0, 0.05) is 30.9 Å². The van der Waals surface area contributed by atoms with Gasteiger partial charge in [-0.25, -0.2) is 0 Å². The van der Waals surface area contributed by atoms with E-state index >= 15 is 0 Å². The van der Waals surface area contributed by atoms with Crippen molar-refractivity contribution in [3.63, 3.8) is 0 Å². The summed E-state index contributed by atoms with van der Waals surface area (Å²) >= 11 is 0. The van der Waals surface area contributed by atoms with Gasteiger partial charge in [0.25, 0.3) is 0 Å². The Morgan fingerprint density at radius 1 is 1.21 bits per heavy atom. The van der Waals surface area contributed by atoms with Crippen LogP contribution < -0.4 is 16.0 Å². The van der Waals surface area contributed by atoms with E-state index in [4.69, 9.17) is 5.73 Å². The minimum absolute atomic E-state index is 0.0343. The molecule has 2 atom stereocenters. The van der Waals surface area contributed by atoms with Crippen LogP contribution in [0.2, 0.25) is 0 Å². The molecule has 3 N–H and O–H groups in total. The Balaban J connectivity index is 2.00. The average molecular weight is 323 g/mol. The van der Waals surface area contributed by atoms with Gasteiger partial charge in [-0.1, -0.05) is 25.1 Å². The topological polar surface area (TPSA) is 75.4 Å². The van der Waals surface area contributed by atoms with Crippen LogP contribution in [0.3, 0.4) is 0 Å². The number of hydrogen-bond donors (Lipinski definition) is 2. The van der Waals surface area contributed by atoms with E-state index in [2.05, 4.69) is 18.3 Å². The van der Waals surface area contributed by atoms with Gasteiger partial charge in [0.15, 0.2) is 0 Å². The first-order chi connectivity index (χ1) is 11.5. The summed E-state index contributed by atoms with van der Waals surface area (Å²) in [4.78, 5) is 24.2. The number of carbonyl (C=O) groups is 2. The fraction of sp³-hybridized carbons (Fsp3) is 0.263. The molecule has 1 heterocycles. The molecule has 0 aromatic heterocycles. The van der Waals surface area contributed by atoms with E-state index in [0.29, 0.717) is 13.0 Å². The predicted octanol–water partition coefficient (Wildman–Crippen LogP) is 2.92. The van der Waals surface area contributed by atoms with Crippen LogP contribution in [0, 0.1) is 5.92 Å². The van der Waals surface area contributed by atoms with E-state index < -0.39 is 0 Å². The van der Waals surface area contributed by atoms with Crippen molar-refractivity contribution in [2.24, 2.45) is 11.7 Å². The van der Waals surface area contributed by atoms with Gasteiger partial charge in [0.05, 0.1) is 0 Å². The lowest BCUT2D eigenvalue weighted by Crippen LogP contribution is -2.42. The lowest BCUT2D eigenvalue weighted by molar-refractivity contribution is -0.116. The molecule has 3 rings (SSSR count). The third-order valence-electron chi connectivity index (χ3n) is 4.58. The maximum atomic E-state index is 11.9. The van der Waals surface area contributed by atoms with Crippen molar-refractivity contribution in [1.29, 1.82) is 0 Å². The molecule has 2 amide bonds. The van der Waals surface area contributed by atoms with Crippen LogP contribution in [0.5, 0.6) is 0 Å². The minimum atomic E-state index is -0.0912. The van der Waals surface area contributed by atoms with Crippen LogP contribution in [0.15, 0.2) is 42.5 Å². The second kappa shape index (κ2) is 6.45. The number of rotatable bonds is 3. The highest BCUT2D eigenvalue weighted by Gasteiger charge is 2.30. The van der Waals surface area contributed by atoms with Gasteiger partial charge >= 0.3 is 0 Å². The maximum Gasteiger partial charge on any atom is 0.223 e. The van der Waals surface area contributed by atoms with Crippen molar-refractivity contribution in [3.05, 3.63) is 48.0 Å². The van der Waals surface area contributed by atoms with Gasteiger partial charge in [-0.15, -0.1) is 0 Å². The quantitative estimate of drug-likeness (QED) is 0.853. The summed E-state index contributed by atoms with van der Waals surface area (Å²) in [5, 5.41) is 2.62. The summed E-state index contributed by atoms with van der Waals surface area (Å²) in [5.41, 5.74) is 11.1. The number of hydrogen-bond acceptors (Lipinski definition) is 3. The zero-order valence-corrected chi connectivity index (χ0v) is 13.8. The van der Waals surface area contributed by atoms with Gasteiger partial charge in [-0.3, -0.25) is 9.59 Å². The zero-order chi connectivity index (χ0) is 17.3. The van der Waals surface area contributed by atoms with Crippen LogP contribution in [0.4, 0.5) is 11.4 Å². The first-order valence-corrected chi connectivity index (χ1v) is 7.99. The lowest BCUT2D eigenvalue weighted by atomic mass is 9.87. The van der Waals surface area contributed by atoms with Crippen LogP contribution in [0.25, 0.3) is 11.1 Å². The highest BCUT2D eigenvalue weighted by atomic mass is 16.2. The molecule has 0 unspecified atom stereocenters. The molecule has 1 aliphatic rings. The molecule has 0 saturated heterocycles. The average Bonchev–Trinajstić information content (AvgIpc) is 2.58. The number of fused-ring (bicyclic) bond motifs is 1. The Labute approximate surface area is 141 Å². The van der Waals surface area contributed by atoms with Crippen LogP contribution >= 0.6 is 0 Å². The Morgan fingerprint density at radius 3 is 2.50 bits per heavy atom. The summed E-state index contributed by atoms with van der Waals surface area (Å²) in [5.74, 6) is 0.239. The molecule has 24 heavy (non-hydrogen) atoms. The summed E-state index contributed by atoms with van der Waals surface area (Å²) in [6.07, 6.45) is 0.657. The minimum Gasteiger partial charge on any atom is -0.329 e. The number of carbonyl (C=O) groups excluding carboxylic acids is 2. The molecular formula is C19H21N3O2. The highest BCUT2D eigenvalue weighted by Crippen LogP contribution is 2.38. The molecule has 5 heteroatoms. The molecule has 0 spiro atoms. The third kappa shape index (κ3) is 2.90. The standard InChI is InChI=1S/C19H21N3O2/c1-12-10-22(13(2)24)18-8-5-15(9-17(18)19(12)20)14-3-6-16(7-4-14)21-11-23/h3-9,11-12,19H,10,20H2,1-2H3,(H,21,23)/t12-,19+/m1/s1. The number of anilines is 2. The fourth-order valence-electron chi connectivity index (χ4n) is 3.18. The van der Waals surface area contributed by atoms with E-state index in [9.17, 15) is 9.59 Å². The fourth-order valence-corrected chi connectivity index (χ4v) is 3.18. The molecule has 0 saturated carbocycles. The van der Waals surface area contributed by atoms with Crippen molar-refractivity contribution in [2.75, 3.05) is 16.8 Å². The molecule has 0 bridgehead atoms. The molecule has 2 aromatic rings. The second-order valence-electron chi connectivity index (χ2n) is 6.25. The molecule has 5 nitrogen and oxygen atoms in total. The van der Waals surface area contributed by atoms with Gasteiger partial charge in [-0.05, 0) is 46.9 Å². The predicted molar refractivity (Wildman–Crippen MR) is 95.7 cm³/mol. The molecule has 0 radical (unpaired) electrons. The van der Waals surface area contributed by atoms with Crippen LogP contribution in [0.1, 0.15) is 25.5 Å². The summed E-state index contributed by atoms with van der Waals surface area (Å²) < 4.78 is 0. The number of amides is 2. The van der Waals surface area contributed by atoms with Gasteiger partial charge in [0.2, 0.25) is 12.3 Å². The summed E-state index contributed by atoms with van der Waals surface area (Å²) in [6.45, 7) is 4.30. The van der Waals surface area contributed by atoms with Gasteiger partial charge in [0.1, 0.15) is 0 Å². The van der Waals surface area contributed by atoms with E-state index in [1.165, 1.54) is 0 Å². The second-order valence-corrected chi connectivity index (χ2v) is 6.25. The number of benzene rings is 2. The Morgan fingerprint density at radius 2 is 1.88 bits per heavy atom. The van der Waals surface area contributed by atoms with E-state index in [1.54, 1.807) is 11.8 Å². The Hall–Kier alpha value is -2.66. The van der Waals surface area contributed by atoms with E-state index in [-0.39, 0.29) is 17.9 Å². The van der Waals surface area contributed by atoms with Crippen molar-refractivity contribution < 1.29 is 9.59 Å². The lowest BCUT2D eigenvalue weighted by Gasteiger charge is -2.37. The van der Waals surface area contributed by atoms with Crippen molar-refractivity contribution >= 4 is 23.7 Å². The van der Waals surface area contributed by atoms with Gasteiger partial charge in [-0.2, -0.15) is 0 Å². The normalized spacial score (nSPS) is 19.5. The molecule has 1 aliphatic heterocycles.